The molecule has 0 saturated carbocycles. The van der Waals surface area contributed by atoms with E-state index >= 15 is 0 Å². The number of rotatable bonds is 63. The van der Waals surface area contributed by atoms with Crippen molar-refractivity contribution in [3.05, 3.63) is 122 Å². The van der Waals surface area contributed by atoms with Crippen molar-refractivity contribution in [2.75, 3.05) is 13.2 Å². The number of esters is 3. The summed E-state index contributed by atoms with van der Waals surface area (Å²) in [5, 5.41) is 0. The van der Waals surface area contributed by atoms with Gasteiger partial charge in [-0.05, 0) is 109 Å². The molecule has 0 N–H and O–H groups in total. The van der Waals surface area contributed by atoms with Crippen molar-refractivity contribution in [1.29, 1.82) is 0 Å². The van der Waals surface area contributed by atoms with Crippen LogP contribution in [0.1, 0.15) is 329 Å². The lowest BCUT2D eigenvalue weighted by atomic mass is 10.0. The zero-order chi connectivity index (χ0) is 59.9. The van der Waals surface area contributed by atoms with E-state index in [1.807, 2.05) is 0 Å². The van der Waals surface area contributed by atoms with Crippen molar-refractivity contribution in [3.63, 3.8) is 0 Å². The Labute approximate surface area is 513 Å². The summed E-state index contributed by atoms with van der Waals surface area (Å²) in [7, 11) is 0. The molecule has 6 nitrogen and oxygen atoms in total. The highest BCUT2D eigenvalue weighted by Crippen LogP contribution is 2.17. The van der Waals surface area contributed by atoms with Crippen LogP contribution in [0.15, 0.2) is 122 Å². The number of ether oxygens (including phenoxy) is 3. The van der Waals surface area contributed by atoms with Crippen LogP contribution in [0, 0.1) is 0 Å². The molecule has 1 atom stereocenters. The summed E-state index contributed by atoms with van der Waals surface area (Å²) < 4.78 is 17.0. The van der Waals surface area contributed by atoms with Crippen molar-refractivity contribution in [2.45, 2.75) is 335 Å². The highest BCUT2D eigenvalue weighted by atomic mass is 16.6. The van der Waals surface area contributed by atoms with Crippen LogP contribution in [0.5, 0.6) is 0 Å². The van der Waals surface area contributed by atoms with Gasteiger partial charge >= 0.3 is 17.9 Å². The largest absolute Gasteiger partial charge is 0.462 e. The maximum Gasteiger partial charge on any atom is 0.306 e. The van der Waals surface area contributed by atoms with Gasteiger partial charge in [0.25, 0.3) is 0 Å². The van der Waals surface area contributed by atoms with Crippen LogP contribution in [0.4, 0.5) is 0 Å². The van der Waals surface area contributed by atoms with Gasteiger partial charge in [-0.25, -0.2) is 0 Å². The minimum Gasteiger partial charge on any atom is -0.462 e. The number of carbonyl (C=O) groups is 3. The molecule has 0 aromatic heterocycles. The van der Waals surface area contributed by atoms with Gasteiger partial charge in [0.2, 0.25) is 0 Å². The van der Waals surface area contributed by atoms with Gasteiger partial charge in [-0.2, -0.15) is 0 Å². The molecule has 0 rings (SSSR count). The Morgan fingerprint density at radius 1 is 0.253 bits per heavy atom. The molecular formula is C77H130O6. The summed E-state index contributed by atoms with van der Waals surface area (Å²) in [6, 6.07) is 0. The van der Waals surface area contributed by atoms with Gasteiger partial charge in [0.15, 0.2) is 6.10 Å². The first-order valence-electron chi connectivity index (χ1n) is 35.0. The average Bonchev–Trinajstić information content (AvgIpc) is 3.50. The van der Waals surface area contributed by atoms with E-state index in [1.54, 1.807) is 0 Å². The van der Waals surface area contributed by atoms with Gasteiger partial charge < -0.3 is 14.2 Å². The minimum atomic E-state index is -0.806. The molecule has 0 fully saturated rings. The fraction of sp³-hybridized carbons (Fsp3) is 0.701. The third kappa shape index (κ3) is 68.5. The Hall–Kier alpha value is -4.19. The first-order chi connectivity index (χ1) is 41.0. The molecule has 0 saturated heterocycles. The topological polar surface area (TPSA) is 78.9 Å². The maximum atomic E-state index is 12.9. The van der Waals surface area contributed by atoms with Crippen LogP contribution < -0.4 is 0 Å². The van der Waals surface area contributed by atoms with Crippen molar-refractivity contribution >= 4 is 17.9 Å². The third-order valence-corrected chi connectivity index (χ3v) is 15.0. The Kier molecular flexibility index (Phi) is 66.7. The number of carbonyl (C=O) groups excluding carboxylic acids is 3. The summed E-state index contributed by atoms with van der Waals surface area (Å²) in [4.78, 5) is 38.5. The molecule has 1 unspecified atom stereocenters. The van der Waals surface area contributed by atoms with Crippen molar-refractivity contribution < 1.29 is 28.6 Å². The van der Waals surface area contributed by atoms with E-state index < -0.39 is 6.10 Å². The molecule has 0 heterocycles. The molecule has 0 aliphatic carbocycles. The molecule has 0 spiro atoms. The molecule has 474 valence electrons. The zero-order valence-electron chi connectivity index (χ0n) is 54.4. The second kappa shape index (κ2) is 70.3. The van der Waals surface area contributed by atoms with Crippen LogP contribution >= 0.6 is 0 Å². The molecule has 0 amide bonds. The summed E-state index contributed by atoms with van der Waals surface area (Å²) in [5.41, 5.74) is 0. The average molecular weight is 1150 g/mol. The smallest absolute Gasteiger partial charge is 0.306 e. The predicted molar refractivity (Wildman–Crippen MR) is 362 cm³/mol. The molecule has 0 aliphatic heterocycles. The van der Waals surface area contributed by atoms with Gasteiger partial charge in [0.1, 0.15) is 13.2 Å². The van der Waals surface area contributed by atoms with Crippen LogP contribution in [0.2, 0.25) is 0 Å². The van der Waals surface area contributed by atoms with Crippen LogP contribution in [-0.4, -0.2) is 37.2 Å². The number of hydrogen-bond acceptors (Lipinski definition) is 6. The molecule has 0 aromatic rings. The lowest BCUT2D eigenvalue weighted by Gasteiger charge is -2.18. The molecule has 6 heteroatoms. The first-order valence-corrected chi connectivity index (χ1v) is 35.0. The quantitative estimate of drug-likeness (QED) is 0.0261. The van der Waals surface area contributed by atoms with Crippen LogP contribution in [0.25, 0.3) is 0 Å². The lowest BCUT2D eigenvalue weighted by Crippen LogP contribution is -2.30. The summed E-state index contributed by atoms with van der Waals surface area (Å²) in [6.07, 6.45) is 97.9. The monoisotopic (exact) mass is 1150 g/mol. The lowest BCUT2D eigenvalue weighted by molar-refractivity contribution is -0.167. The van der Waals surface area contributed by atoms with E-state index in [2.05, 4.69) is 142 Å². The second-order valence-electron chi connectivity index (χ2n) is 23.0. The number of allylic oxidation sites excluding steroid dienone is 20. The van der Waals surface area contributed by atoms with E-state index in [-0.39, 0.29) is 37.5 Å². The number of hydrogen-bond donors (Lipinski definition) is 0. The van der Waals surface area contributed by atoms with Crippen LogP contribution in [0.3, 0.4) is 0 Å². The van der Waals surface area contributed by atoms with E-state index in [0.29, 0.717) is 19.3 Å². The second-order valence-corrected chi connectivity index (χ2v) is 23.0. The minimum absolute atomic E-state index is 0.0950. The molecule has 0 bridgehead atoms. The summed E-state index contributed by atoms with van der Waals surface area (Å²) in [5.74, 6) is -0.927. The van der Waals surface area contributed by atoms with Crippen LogP contribution in [-0.2, 0) is 28.6 Å². The van der Waals surface area contributed by atoms with Crippen molar-refractivity contribution in [2.24, 2.45) is 0 Å². The molecule has 0 radical (unpaired) electrons. The van der Waals surface area contributed by atoms with Gasteiger partial charge in [-0.3, -0.25) is 14.4 Å². The summed E-state index contributed by atoms with van der Waals surface area (Å²) >= 11 is 0. The molecule has 0 aromatic carbocycles. The standard InChI is InChI=1S/C77H130O6/c1-4-7-10-13-16-19-22-25-28-31-34-36-37-38-39-41-43-46-49-52-55-58-61-64-67-70-76(79)82-73-74(72-81-75(78)69-66-63-60-57-54-51-48-45-42-33-30-27-24-21-18-15-12-9-6-3)83-77(80)71-68-65-62-59-56-53-50-47-44-40-35-32-29-26-23-20-17-14-11-8-5-2/h7-8,10-11,16-17,19-20,25-26,28-29,34-36,40,47,50,56,59,74H,4-6,9,12-15,18,21-24,27,30-33,37-39,41-46,48-49,51-55,57-58,60-73H2,1-3H3/b10-7-,11-8-,19-16-,20-17-,28-25-,29-26-,36-34-,40-35-,50-47-,59-56-. The van der Waals surface area contributed by atoms with Gasteiger partial charge in [-0.15, -0.1) is 0 Å². The summed E-state index contributed by atoms with van der Waals surface area (Å²) in [6.45, 7) is 6.42. The predicted octanol–water partition coefficient (Wildman–Crippen LogP) is 24.3. The fourth-order valence-electron chi connectivity index (χ4n) is 9.79. The maximum absolute atomic E-state index is 12.9. The third-order valence-electron chi connectivity index (χ3n) is 15.0. The molecule has 0 aliphatic rings. The fourth-order valence-corrected chi connectivity index (χ4v) is 9.79. The van der Waals surface area contributed by atoms with Gasteiger partial charge in [-0.1, -0.05) is 322 Å². The van der Waals surface area contributed by atoms with Crippen molar-refractivity contribution in [3.8, 4) is 0 Å². The van der Waals surface area contributed by atoms with E-state index in [4.69, 9.17) is 14.2 Å². The Morgan fingerprint density at radius 3 is 0.759 bits per heavy atom. The molecule has 83 heavy (non-hydrogen) atoms. The molecular weight excluding hydrogens is 1020 g/mol. The van der Waals surface area contributed by atoms with Gasteiger partial charge in [0, 0.05) is 19.3 Å². The highest BCUT2D eigenvalue weighted by Gasteiger charge is 2.19. The van der Waals surface area contributed by atoms with Crippen molar-refractivity contribution in [1.82, 2.24) is 0 Å². The zero-order valence-corrected chi connectivity index (χ0v) is 54.4. The number of unbranched alkanes of at least 4 members (excludes halogenated alkanes) is 32. The normalized spacial score (nSPS) is 12.9. The van der Waals surface area contributed by atoms with E-state index in [1.165, 1.54) is 167 Å². The Morgan fingerprint density at radius 2 is 0.470 bits per heavy atom. The SMILES string of the molecule is CC/C=C\C/C=C\C/C=C\C/C=C\C/C=C\C/C=C\CCCCC(=O)OC(COC(=O)CCCCCCCCCCCCCC/C=C\C/C=C\C/C=C\C/C=C\CC)COC(=O)CCCCCCCCCCCCCCCCCCCCC. The van der Waals surface area contributed by atoms with E-state index in [0.717, 1.165) is 116 Å². The Bertz CT molecular complexity index is 1700. The Balaban J connectivity index is 4.43. The first kappa shape index (κ1) is 78.8. The van der Waals surface area contributed by atoms with E-state index in [9.17, 15) is 14.4 Å². The van der Waals surface area contributed by atoms with Gasteiger partial charge in [0.05, 0.1) is 0 Å². The highest BCUT2D eigenvalue weighted by molar-refractivity contribution is 5.71.